The van der Waals surface area contributed by atoms with E-state index < -0.39 is 11.9 Å². The molecule has 4 rings (SSSR count). The summed E-state index contributed by atoms with van der Waals surface area (Å²) >= 11 is 0. The number of hydrogen-bond acceptors (Lipinski definition) is 4. The van der Waals surface area contributed by atoms with E-state index in [1.165, 1.54) is 0 Å². The van der Waals surface area contributed by atoms with E-state index in [-0.39, 0.29) is 5.91 Å². The number of carboxylic acids is 2. The summed E-state index contributed by atoms with van der Waals surface area (Å²) in [6.07, 6.45) is 3.68. The van der Waals surface area contributed by atoms with Gasteiger partial charge in [-0.1, -0.05) is 18.2 Å². The largest absolute Gasteiger partial charge is 0.478 e. The van der Waals surface area contributed by atoms with Crippen LogP contribution in [-0.4, -0.2) is 54.0 Å². The first-order valence-electron chi connectivity index (χ1n) is 9.28. The fourth-order valence-corrected chi connectivity index (χ4v) is 3.50. The summed E-state index contributed by atoms with van der Waals surface area (Å²) in [5.41, 5.74) is 5.09. The Morgan fingerprint density at radius 2 is 1.87 bits per heavy atom. The zero-order valence-corrected chi connectivity index (χ0v) is 16.6. The van der Waals surface area contributed by atoms with Crippen molar-refractivity contribution < 1.29 is 24.6 Å². The summed E-state index contributed by atoms with van der Waals surface area (Å²) in [5, 5.41) is 16.7. The Bertz CT molecular complexity index is 1130. The number of nitrogens with one attached hydrogen (secondary N) is 1. The number of H-pyrrole nitrogens is 1. The molecule has 1 aromatic carbocycles. The first-order valence-corrected chi connectivity index (χ1v) is 9.28. The molecular weight excluding hydrogens is 388 g/mol. The Morgan fingerprint density at radius 1 is 1.20 bits per heavy atom. The quantitative estimate of drug-likeness (QED) is 0.565. The van der Waals surface area contributed by atoms with Crippen molar-refractivity contribution in [2.45, 2.75) is 19.9 Å². The first kappa shape index (κ1) is 20.8. The number of nitrogens with zero attached hydrogens (tertiary/aromatic N) is 3. The van der Waals surface area contributed by atoms with Gasteiger partial charge in [0.05, 0.1) is 24.1 Å². The van der Waals surface area contributed by atoms with Gasteiger partial charge < -0.3 is 24.7 Å². The van der Waals surface area contributed by atoms with Crippen LogP contribution in [-0.2, 0) is 29.6 Å². The maximum absolute atomic E-state index is 13.0. The van der Waals surface area contributed by atoms with Gasteiger partial charge in [0.1, 0.15) is 0 Å². The highest BCUT2D eigenvalue weighted by molar-refractivity contribution is 6.09. The summed E-state index contributed by atoms with van der Waals surface area (Å²) in [6, 6.07) is 8.12. The lowest BCUT2D eigenvalue weighted by atomic mass is 10.0. The molecule has 3 N–H and O–H groups in total. The predicted molar refractivity (Wildman–Crippen MR) is 109 cm³/mol. The highest BCUT2D eigenvalue weighted by Gasteiger charge is 2.30. The number of benzene rings is 1. The van der Waals surface area contributed by atoms with E-state index >= 15 is 0 Å². The molecule has 156 valence electrons. The number of aliphatic carboxylic acids is 2. The zero-order valence-electron chi connectivity index (χ0n) is 16.6. The highest BCUT2D eigenvalue weighted by atomic mass is 16.4. The molecule has 1 amide bonds. The van der Waals surface area contributed by atoms with Crippen LogP contribution in [0.1, 0.15) is 27.4 Å². The number of carbonyl (C=O) groups excluding carboxylic acids is 1. The van der Waals surface area contributed by atoms with Gasteiger partial charge >= 0.3 is 11.9 Å². The van der Waals surface area contributed by atoms with Gasteiger partial charge in [-0.05, 0) is 13.0 Å². The number of hydrogen-bond donors (Lipinski definition) is 3. The van der Waals surface area contributed by atoms with E-state index in [0.29, 0.717) is 18.7 Å². The molecule has 1 aliphatic heterocycles. The molecule has 0 saturated carbocycles. The van der Waals surface area contributed by atoms with E-state index in [1.54, 1.807) is 6.33 Å². The lowest BCUT2D eigenvalue weighted by Gasteiger charge is -2.27. The van der Waals surface area contributed by atoms with Crippen LogP contribution in [0.2, 0.25) is 0 Å². The first-order chi connectivity index (χ1) is 14.3. The minimum atomic E-state index is -1.26. The lowest BCUT2D eigenvalue weighted by molar-refractivity contribution is -0.134. The Labute approximate surface area is 172 Å². The minimum absolute atomic E-state index is 0.112. The van der Waals surface area contributed by atoms with Crippen molar-refractivity contribution in [3.63, 3.8) is 0 Å². The smallest absolute Gasteiger partial charge is 0.328 e. The summed E-state index contributed by atoms with van der Waals surface area (Å²) in [6.45, 7) is 3.29. The number of para-hydroxylation sites is 1. The van der Waals surface area contributed by atoms with Gasteiger partial charge in [-0.15, -0.1) is 0 Å². The SMILES string of the molecule is Cc1[nH]cnc1CN1CCc2c(c3ccccc3n2C)C1=O.O=C(O)/C=C\C(=O)O. The Kier molecular flexibility index (Phi) is 6.01. The molecule has 3 heterocycles. The monoisotopic (exact) mass is 410 g/mol. The van der Waals surface area contributed by atoms with Crippen LogP contribution in [0.3, 0.4) is 0 Å². The van der Waals surface area contributed by atoms with E-state index in [4.69, 9.17) is 10.2 Å². The standard InChI is InChI=1S/C17H18N4O.C4H4O4/c1-11-13(19-10-18-11)9-21-8-7-15-16(17(21)22)12-5-3-4-6-14(12)20(15)2;5-3(6)1-2-4(7)8/h3-6,10H,7-9H2,1-2H3,(H,18,19);1-2H,(H,5,6)(H,7,8)/b;2-1-. The third-order valence-electron chi connectivity index (χ3n) is 4.99. The zero-order chi connectivity index (χ0) is 21.8. The second-order valence-electron chi connectivity index (χ2n) is 6.86. The molecule has 0 radical (unpaired) electrons. The molecule has 0 atom stereocenters. The molecule has 0 aliphatic carbocycles. The summed E-state index contributed by atoms with van der Waals surface area (Å²) in [5.74, 6) is -2.40. The topological polar surface area (TPSA) is 129 Å². The van der Waals surface area contributed by atoms with Crippen LogP contribution in [0.15, 0.2) is 42.7 Å². The normalized spacial score (nSPS) is 13.3. The highest BCUT2D eigenvalue weighted by Crippen LogP contribution is 2.30. The summed E-state index contributed by atoms with van der Waals surface area (Å²) < 4.78 is 2.15. The Hall–Kier alpha value is -3.88. The molecule has 0 saturated heterocycles. The Morgan fingerprint density at radius 3 is 2.47 bits per heavy atom. The number of aryl methyl sites for hydroxylation is 2. The van der Waals surface area contributed by atoms with Gasteiger partial charge in [0.15, 0.2) is 0 Å². The second-order valence-corrected chi connectivity index (χ2v) is 6.86. The van der Waals surface area contributed by atoms with E-state index in [0.717, 1.165) is 46.5 Å². The maximum atomic E-state index is 13.0. The third kappa shape index (κ3) is 4.24. The number of carbonyl (C=O) groups is 3. The molecule has 0 bridgehead atoms. The van der Waals surface area contributed by atoms with Crippen LogP contribution in [0, 0.1) is 6.92 Å². The van der Waals surface area contributed by atoms with Crippen LogP contribution < -0.4 is 0 Å². The summed E-state index contributed by atoms with van der Waals surface area (Å²) in [7, 11) is 2.04. The van der Waals surface area contributed by atoms with E-state index in [1.807, 2.05) is 37.1 Å². The number of aromatic nitrogens is 3. The van der Waals surface area contributed by atoms with Crippen LogP contribution >= 0.6 is 0 Å². The molecule has 9 heteroatoms. The number of fused-ring (bicyclic) bond motifs is 3. The number of rotatable bonds is 4. The van der Waals surface area contributed by atoms with Crippen molar-refractivity contribution in [3.05, 3.63) is 65.4 Å². The number of amides is 1. The third-order valence-corrected chi connectivity index (χ3v) is 4.99. The minimum Gasteiger partial charge on any atom is -0.478 e. The average Bonchev–Trinajstić information content (AvgIpc) is 3.24. The molecule has 3 aromatic rings. The fourth-order valence-electron chi connectivity index (χ4n) is 3.50. The van der Waals surface area contributed by atoms with Crippen LogP contribution in [0.25, 0.3) is 10.9 Å². The van der Waals surface area contributed by atoms with Gasteiger partial charge in [0, 0.05) is 54.5 Å². The van der Waals surface area contributed by atoms with Crippen LogP contribution in [0.4, 0.5) is 0 Å². The molecular formula is C21H22N4O5. The Balaban J connectivity index is 0.000000275. The van der Waals surface area contributed by atoms with Crippen molar-refractivity contribution in [1.29, 1.82) is 0 Å². The molecule has 9 nitrogen and oxygen atoms in total. The van der Waals surface area contributed by atoms with Crippen molar-refractivity contribution in [2.75, 3.05) is 6.54 Å². The lowest BCUT2D eigenvalue weighted by Crippen LogP contribution is -2.37. The van der Waals surface area contributed by atoms with E-state index in [9.17, 15) is 14.4 Å². The van der Waals surface area contributed by atoms with Crippen molar-refractivity contribution in [3.8, 4) is 0 Å². The van der Waals surface area contributed by atoms with Crippen molar-refractivity contribution in [1.82, 2.24) is 19.4 Å². The molecule has 1 aliphatic rings. The predicted octanol–water partition coefficient (Wildman–Crippen LogP) is 2.12. The number of aromatic amines is 1. The average molecular weight is 410 g/mol. The molecule has 2 aromatic heterocycles. The van der Waals surface area contributed by atoms with Crippen molar-refractivity contribution >= 4 is 28.7 Å². The van der Waals surface area contributed by atoms with Crippen molar-refractivity contribution in [2.24, 2.45) is 7.05 Å². The number of carboxylic acid groups (broad SMARTS) is 2. The van der Waals surface area contributed by atoms with Gasteiger partial charge in [0.2, 0.25) is 0 Å². The van der Waals surface area contributed by atoms with Gasteiger partial charge in [0.25, 0.3) is 5.91 Å². The maximum Gasteiger partial charge on any atom is 0.328 e. The molecule has 30 heavy (non-hydrogen) atoms. The second kappa shape index (κ2) is 8.64. The number of imidazole rings is 1. The van der Waals surface area contributed by atoms with Gasteiger partial charge in [-0.25, -0.2) is 14.6 Å². The molecule has 0 unspecified atom stereocenters. The summed E-state index contributed by atoms with van der Waals surface area (Å²) in [4.78, 5) is 41.4. The molecule has 0 fully saturated rings. The van der Waals surface area contributed by atoms with E-state index in [2.05, 4.69) is 20.6 Å². The van der Waals surface area contributed by atoms with Crippen LogP contribution in [0.5, 0.6) is 0 Å². The van der Waals surface area contributed by atoms with Gasteiger partial charge in [-0.2, -0.15) is 0 Å². The molecule has 0 spiro atoms. The fraction of sp³-hybridized carbons (Fsp3) is 0.238. The van der Waals surface area contributed by atoms with Gasteiger partial charge in [-0.3, -0.25) is 4.79 Å².